The predicted molar refractivity (Wildman–Crippen MR) is 135 cm³/mol. The first-order valence-electron chi connectivity index (χ1n) is 10.8. The highest BCUT2D eigenvalue weighted by molar-refractivity contribution is 14.1. The molecule has 172 valence electrons. The summed E-state index contributed by atoms with van der Waals surface area (Å²) < 4.78 is 30.2. The molecule has 0 saturated heterocycles. The van der Waals surface area contributed by atoms with E-state index >= 15 is 0 Å². The standard InChI is InChI=1S/C25H29IO6/c1-5-7-11-30-24-20(28-3)13-16(14-21(24)29-4)23-25(31-12-8-6-2)22(27)18-10-9-17(26)15-19(18)32-23/h9-10,13-15H,5-8,11-12H2,1-4H3. The lowest BCUT2D eigenvalue weighted by atomic mass is 10.1. The van der Waals surface area contributed by atoms with Gasteiger partial charge in [0.25, 0.3) is 0 Å². The summed E-state index contributed by atoms with van der Waals surface area (Å²) in [5, 5.41) is 0.485. The fourth-order valence-electron chi connectivity index (χ4n) is 3.26. The highest BCUT2D eigenvalue weighted by atomic mass is 127. The van der Waals surface area contributed by atoms with Crippen molar-refractivity contribution in [2.45, 2.75) is 39.5 Å². The number of benzene rings is 2. The van der Waals surface area contributed by atoms with Crippen molar-refractivity contribution in [3.63, 3.8) is 0 Å². The first-order valence-corrected chi connectivity index (χ1v) is 11.9. The van der Waals surface area contributed by atoms with Crippen LogP contribution in [0.4, 0.5) is 0 Å². The second-order valence-corrected chi connectivity index (χ2v) is 8.59. The number of unbranched alkanes of at least 4 members (excludes halogenated alkanes) is 2. The third-order valence-corrected chi connectivity index (χ3v) is 5.70. The molecule has 0 aliphatic carbocycles. The molecule has 0 spiro atoms. The predicted octanol–water partition coefficient (Wildman–Crippen LogP) is 6.44. The van der Waals surface area contributed by atoms with Crippen molar-refractivity contribution in [1.29, 1.82) is 0 Å². The summed E-state index contributed by atoms with van der Waals surface area (Å²) in [4.78, 5) is 13.3. The second kappa shape index (κ2) is 11.4. The van der Waals surface area contributed by atoms with E-state index in [2.05, 4.69) is 36.4 Å². The molecule has 0 saturated carbocycles. The van der Waals surface area contributed by atoms with Crippen molar-refractivity contribution < 1.29 is 23.4 Å². The molecule has 2 aromatic carbocycles. The van der Waals surface area contributed by atoms with Crippen LogP contribution < -0.4 is 24.4 Å². The van der Waals surface area contributed by atoms with Crippen LogP contribution in [-0.2, 0) is 0 Å². The number of rotatable bonds is 11. The van der Waals surface area contributed by atoms with Crippen molar-refractivity contribution in [2.24, 2.45) is 0 Å². The van der Waals surface area contributed by atoms with Crippen LogP contribution in [-0.4, -0.2) is 27.4 Å². The molecule has 0 atom stereocenters. The molecule has 0 radical (unpaired) electrons. The third-order valence-electron chi connectivity index (χ3n) is 5.02. The fraction of sp³-hybridized carbons (Fsp3) is 0.400. The summed E-state index contributed by atoms with van der Waals surface area (Å²) in [5.41, 5.74) is 0.918. The molecule has 3 aromatic rings. The Hall–Kier alpha value is -2.42. The first-order chi connectivity index (χ1) is 15.5. The zero-order chi connectivity index (χ0) is 23.1. The lowest BCUT2D eigenvalue weighted by Gasteiger charge is -2.17. The smallest absolute Gasteiger partial charge is 0.235 e. The maximum absolute atomic E-state index is 13.3. The fourth-order valence-corrected chi connectivity index (χ4v) is 3.72. The number of hydrogen-bond donors (Lipinski definition) is 0. The molecule has 32 heavy (non-hydrogen) atoms. The molecule has 1 aromatic heterocycles. The van der Waals surface area contributed by atoms with E-state index in [0.29, 0.717) is 52.8 Å². The Labute approximate surface area is 202 Å². The van der Waals surface area contributed by atoms with Gasteiger partial charge in [-0.1, -0.05) is 26.7 Å². The summed E-state index contributed by atoms with van der Waals surface area (Å²) in [6.45, 7) is 5.15. The number of methoxy groups -OCH3 is 2. The molecular weight excluding hydrogens is 523 g/mol. The lowest BCUT2D eigenvalue weighted by Crippen LogP contribution is -2.11. The topological polar surface area (TPSA) is 67.1 Å². The van der Waals surface area contributed by atoms with Crippen LogP contribution in [0.3, 0.4) is 0 Å². The van der Waals surface area contributed by atoms with Gasteiger partial charge >= 0.3 is 0 Å². The van der Waals surface area contributed by atoms with E-state index in [-0.39, 0.29) is 11.2 Å². The molecule has 0 aliphatic heterocycles. The van der Waals surface area contributed by atoms with Gasteiger partial charge in [0, 0.05) is 9.13 Å². The molecule has 0 amide bonds. The summed E-state index contributed by atoms with van der Waals surface area (Å²) in [5.74, 6) is 2.06. The van der Waals surface area contributed by atoms with Crippen LogP contribution >= 0.6 is 22.6 Å². The van der Waals surface area contributed by atoms with Gasteiger partial charge in [-0.05, 0) is 65.8 Å². The summed E-state index contributed by atoms with van der Waals surface area (Å²) in [6.07, 6.45) is 3.72. The van der Waals surface area contributed by atoms with Crippen molar-refractivity contribution in [1.82, 2.24) is 0 Å². The lowest BCUT2D eigenvalue weighted by molar-refractivity contribution is 0.270. The minimum absolute atomic E-state index is 0.191. The maximum atomic E-state index is 13.3. The van der Waals surface area contributed by atoms with Crippen LogP contribution in [0.25, 0.3) is 22.3 Å². The van der Waals surface area contributed by atoms with Crippen molar-refractivity contribution >= 4 is 33.6 Å². The molecule has 3 rings (SSSR count). The Morgan fingerprint density at radius 3 is 2.03 bits per heavy atom. The number of halogens is 1. The van der Waals surface area contributed by atoms with Gasteiger partial charge in [-0.15, -0.1) is 0 Å². The quantitative estimate of drug-likeness (QED) is 0.202. The summed E-state index contributed by atoms with van der Waals surface area (Å²) >= 11 is 2.20. The molecule has 0 unspecified atom stereocenters. The largest absolute Gasteiger partial charge is 0.493 e. The Balaban J connectivity index is 2.20. The van der Waals surface area contributed by atoms with Gasteiger partial charge in [-0.25, -0.2) is 0 Å². The molecule has 0 N–H and O–H groups in total. The van der Waals surface area contributed by atoms with E-state index in [0.717, 1.165) is 29.3 Å². The molecule has 1 heterocycles. The van der Waals surface area contributed by atoms with Gasteiger partial charge in [0.2, 0.25) is 16.9 Å². The Bertz CT molecular complexity index is 1100. The van der Waals surface area contributed by atoms with Gasteiger partial charge < -0.3 is 23.4 Å². The van der Waals surface area contributed by atoms with Crippen LogP contribution in [0, 0.1) is 3.57 Å². The normalized spacial score (nSPS) is 10.9. The van der Waals surface area contributed by atoms with Crippen molar-refractivity contribution in [3.8, 4) is 34.3 Å². The zero-order valence-electron chi connectivity index (χ0n) is 19.0. The van der Waals surface area contributed by atoms with E-state index in [9.17, 15) is 4.79 Å². The van der Waals surface area contributed by atoms with Crippen molar-refractivity contribution in [3.05, 3.63) is 44.1 Å². The average molecular weight is 552 g/mol. The first kappa shape index (κ1) is 24.2. The van der Waals surface area contributed by atoms with Crippen molar-refractivity contribution in [2.75, 3.05) is 27.4 Å². The monoisotopic (exact) mass is 552 g/mol. The highest BCUT2D eigenvalue weighted by Gasteiger charge is 2.22. The van der Waals surface area contributed by atoms with Gasteiger partial charge in [0.05, 0.1) is 32.8 Å². The average Bonchev–Trinajstić information content (AvgIpc) is 2.80. The number of fused-ring (bicyclic) bond motifs is 1. The van der Waals surface area contributed by atoms with Gasteiger partial charge in [-0.3, -0.25) is 4.79 Å². The van der Waals surface area contributed by atoms with Gasteiger partial charge in [-0.2, -0.15) is 0 Å². The SMILES string of the molecule is CCCCOc1c(OC)cc(-c2oc3cc(I)ccc3c(=O)c2OCCCC)cc1OC. The minimum Gasteiger partial charge on any atom is -0.493 e. The summed E-state index contributed by atoms with van der Waals surface area (Å²) in [7, 11) is 3.14. The van der Waals surface area contributed by atoms with E-state index in [1.807, 2.05) is 12.1 Å². The molecule has 6 nitrogen and oxygen atoms in total. The van der Waals surface area contributed by atoms with E-state index < -0.39 is 0 Å². The molecule has 0 fully saturated rings. The highest BCUT2D eigenvalue weighted by Crippen LogP contribution is 2.43. The van der Waals surface area contributed by atoms with E-state index in [4.69, 9.17) is 23.4 Å². The Kier molecular flexibility index (Phi) is 8.67. The van der Waals surface area contributed by atoms with Crippen LogP contribution in [0.1, 0.15) is 39.5 Å². The molecule has 7 heteroatoms. The molecule has 0 bridgehead atoms. The second-order valence-electron chi connectivity index (χ2n) is 7.34. The molecule has 0 aliphatic rings. The maximum Gasteiger partial charge on any atom is 0.235 e. The van der Waals surface area contributed by atoms with Crippen LogP contribution in [0.15, 0.2) is 39.5 Å². The Morgan fingerprint density at radius 1 is 0.875 bits per heavy atom. The van der Waals surface area contributed by atoms with E-state index in [1.165, 1.54) is 0 Å². The third kappa shape index (κ3) is 5.31. The Morgan fingerprint density at radius 2 is 1.47 bits per heavy atom. The van der Waals surface area contributed by atoms with Gasteiger partial charge in [0.15, 0.2) is 17.3 Å². The van der Waals surface area contributed by atoms with Crippen LogP contribution in [0.2, 0.25) is 0 Å². The minimum atomic E-state index is -0.199. The number of hydrogen-bond acceptors (Lipinski definition) is 6. The van der Waals surface area contributed by atoms with Crippen LogP contribution in [0.5, 0.6) is 23.0 Å². The molecular formula is C25H29IO6. The summed E-state index contributed by atoms with van der Waals surface area (Å²) in [6, 6.07) is 9.06. The zero-order valence-corrected chi connectivity index (χ0v) is 21.1. The van der Waals surface area contributed by atoms with E-state index in [1.54, 1.807) is 32.4 Å². The number of ether oxygens (including phenoxy) is 4. The van der Waals surface area contributed by atoms with Gasteiger partial charge in [0.1, 0.15) is 5.58 Å².